The van der Waals surface area contributed by atoms with Gasteiger partial charge in [0.25, 0.3) is 0 Å². The van der Waals surface area contributed by atoms with Gasteiger partial charge in [0.2, 0.25) is 0 Å². The van der Waals surface area contributed by atoms with Crippen molar-refractivity contribution < 1.29 is 19.8 Å². The summed E-state index contributed by atoms with van der Waals surface area (Å²) in [6.45, 7) is 0. The van der Waals surface area contributed by atoms with Crippen molar-refractivity contribution in [1.82, 2.24) is 0 Å². The molecule has 0 radical (unpaired) electrons. The Hall–Kier alpha value is -3.14. The molecule has 2 aromatic carbocycles. The van der Waals surface area contributed by atoms with Gasteiger partial charge >= 0.3 is 11.9 Å². The largest absolute Gasteiger partial charge is 0.478 e. The summed E-state index contributed by atoms with van der Waals surface area (Å²) in [5.74, 6) is -2.01. The van der Waals surface area contributed by atoms with Crippen molar-refractivity contribution in [3.05, 3.63) is 81.9 Å². The van der Waals surface area contributed by atoms with E-state index in [1.807, 2.05) is 24.3 Å². The van der Waals surface area contributed by atoms with Crippen LogP contribution in [-0.2, 0) is 28.9 Å². The predicted octanol–water partition coefficient (Wildman–Crippen LogP) is 3.57. The summed E-state index contributed by atoms with van der Waals surface area (Å²) in [6, 6.07) is 12.1. The van der Waals surface area contributed by atoms with Crippen molar-refractivity contribution in [3.63, 3.8) is 0 Å². The van der Waals surface area contributed by atoms with Gasteiger partial charge in [-0.15, -0.1) is 0 Å². The first-order valence-corrected chi connectivity index (χ1v) is 8.07. The van der Waals surface area contributed by atoms with Gasteiger partial charge in [-0.1, -0.05) is 30.3 Å². The van der Waals surface area contributed by atoms with Crippen molar-refractivity contribution in [2.75, 3.05) is 0 Å². The zero-order valence-electron chi connectivity index (χ0n) is 13.6. The van der Waals surface area contributed by atoms with E-state index < -0.39 is 11.9 Å². The fourth-order valence-corrected chi connectivity index (χ4v) is 3.26. The van der Waals surface area contributed by atoms with Crippen LogP contribution in [0.2, 0.25) is 0 Å². The Balaban J connectivity index is 2.10. The van der Waals surface area contributed by atoms with Crippen molar-refractivity contribution in [2.24, 2.45) is 0 Å². The van der Waals surface area contributed by atoms with Crippen LogP contribution in [0.1, 0.15) is 33.4 Å². The van der Waals surface area contributed by atoms with Crippen LogP contribution in [0.25, 0.3) is 12.2 Å². The summed E-state index contributed by atoms with van der Waals surface area (Å²) in [5.41, 5.74) is 6.38. The Kier molecular flexibility index (Phi) is 4.80. The van der Waals surface area contributed by atoms with E-state index >= 15 is 0 Å². The van der Waals surface area contributed by atoms with Crippen molar-refractivity contribution in [1.29, 1.82) is 0 Å². The van der Waals surface area contributed by atoms with Gasteiger partial charge in [0.05, 0.1) is 0 Å². The summed E-state index contributed by atoms with van der Waals surface area (Å²) in [7, 11) is 0. The smallest absolute Gasteiger partial charge is 0.328 e. The number of benzene rings is 2. The van der Waals surface area contributed by atoms with Gasteiger partial charge in [-0.25, -0.2) is 9.59 Å². The quantitative estimate of drug-likeness (QED) is 0.838. The van der Waals surface area contributed by atoms with Gasteiger partial charge in [-0.05, 0) is 70.9 Å². The molecule has 1 aliphatic rings. The second kappa shape index (κ2) is 7.18. The maximum absolute atomic E-state index is 10.9. The molecule has 3 rings (SSSR count). The van der Waals surface area contributed by atoms with Crippen LogP contribution in [-0.4, -0.2) is 22.2 Å². The lowest BCUT2D eigenvalue weighted by Gasteiger charge is -2.12. The van der Waals surface area contributed by atoms with E-state index in [1.165, 1.54) is 17.2 Å². The summed E-state index contributed by atoms with van der Waals surface area (Å²) in [5, 5.41) is 17.8. The van der Waals surface area contributed by atoms with Crippen molar-refractivity contribution in [2.45, 2.75) is 19.3 Å². The first-order valence-electron chi connectivity index (χ1n) is 8.07. The molecule has 0 unspecified atom stereocenters. The molecule has 0 atom stereocenters. The number of fused-ring (bicyclic) bond motifs is 2. The van der Waals surface area contributed by atoms with Crippen LogP contribution in [0, 0.1) is 0 Å². The van der Waals surface area contributed by atoms with Gasteiger partial charge < -0.3 is 10.2 Å². The zero-order valence-corrected chi connectivity index (χ0v) is 13.6. The van der Waals surface area contributed by atoms with Gasteiger partial charge in [0, 0.05) is 12.2 Å². The van der Waals surface area contributed by atoms with E-state index in [4.69, 9.17) is 10.2 Å². The van der Waals surface area contributed by atoms with E-state index in [0.717, 1.165) is 53.7 Å². The minimum absolute atomic E-state index is 0.755. The van der Waals surface area contributed by atoms with Gasteiger partial charge in [0.1, 0.15) is 0 Å². The molecule has 0 aromatic heterocycles. The third kappa shape index (κ3) is 4.04. The molecule has 0 saturated carbocycles. The van der Waals surface area contributed by atoms with Crippen LogP contribution in [0.5, 0.6) is 0 Å². The molecule has 0 heterocycles. The summed E-state index contributed by atoms with van der Waals surface area (Å²) < 4.78 is 0. The molecule has 4 heteroatoms. The Morgan fingerprint density at radius 2 is 1.52 bits per heavy atom. The minimum Gasteiger partial charge on any atom is -0.478 e. The standard InChI is InChI=1S/C21H18O4/c22-20(23)9-5-14-11-17(7-10-21(24)25)19-8-6-15-3-1-2-4-16(15)13-18(19)12-14/h1-5,7,9-12H,6,8,13H2,(H,22,23)(H,24,25). The highest BCUT2D eigenvalue weighted by atomic mass is 16.4. The molecular weight excluding hydrogens is 316 g/mol. The number of aliphatic carboxylic acids is 2. The van der Waals surface area contributed by atoms with Crippen LogP contribution < -0.4 is 0 Å². The molecule has 126 valence electrons. The third-order valence-corrected chi connectivity index (χ3v) is 4.37. The van der Waals surface area contributed by atoms with E-state index in [-0.39, 0.29) is 0 Å². The molecule has 0 saturated heterocycles. The number of carboxylic acids is 2. The average Bonchev–Trinajstić information content (AvgIpc) is 2.76. The number of carbonyl (C=O) groups is 2. The Bertz CT molecular complexity index is 891. The molecule has 0 bridgehead atoms. The van der Waals surface area contributed by atoms with E-state index in [1.54, 1.807) is 6.08 Å². The Morgan fingerprint density at radius 1 is 0.840 bits per heavy atom. The first-order chi connectivity index (χ1) is 12.0. The molecular formula is C21H18O4. The molecule has 2 aromatic rings. The number of rotatable bonds is 4. The van der Waals surface area contributed by atoms with E-state index in [2.05, 4.69) is 12.1 Å². The maximum atomic E-state index is 10.9. The lowest BCUT2D eigenvalue weighted by atomic mass is 9.93. The van der Waals surface area contributed by atoms with Gasteiger partial charge in [-0.3, -0.25) is 0 Å². The second-order valence-electron chi connectivity index (χ2n) is 6.04. The highest BCUT2D eigenvalue weighted by Crippen LogP contribution is 2.29. The van der Waals surface area contributed by atoms with E-state index in [0.29, 0.717) is 0 Å². The predicted molar refractivity (Wildman–Crippen MR) is 96.4 cm³/mol. The number of hydrogen-bond donors (Lipinski definition) is 2. The minimum atomic E-state index is -1.01. The first kappa shape index (κ1) is 16.7. The van der Waals surface area contributed by atoms with Crippen LogP contribution >= 0.6 is 0 Å². The van der Waals surface area contributed by atoms with Gasteiger partial charge in [0.15, 0.2) is 0 Å². The topological polar surface area (TPSA) is 74.6 Å². The van der Waals surface area contributed by atoms with Crippen LogP contribution in [0.15, 0.2) is 48.6 Å². The second-order valence-corrected chi connectivity index (χ2v) is 6.04. The summed E-state index contributed by atoms with van der Waals surface area (Å²) in [4.78, 5) is 21.7. The van der Waals surface area contributed by atoms with Crippen molar-refractivity contribution >= 4 is 24.1 Å². The fourth-order valence-electron chi connectivity index (χ4n) is 3.26. The summed E-state index contributed by atoms with van der Waals surface area (Å²) in [6.07, 6.45) is 7.84. The average molecular weight is 334 g/mol. The number of carboxylic acid groups (broad SMARTS) is 2. The molecule has 0 spiro atoms. The lowest BCUT2D eigenvalue weighted by Crippen LogP contribution is -1.99. The van der Waals surface area contributed by atoms with E-state index in [9.17, 15) is 9.59 Å². The fraction of sp³-hybridized carbons (Fsp3) is 0.143. The molecule has 0 amide bonds. The SMILES string of the molecule is O=C(O)C=Cc1cc(C=CC(=O)O)c2c(c1)Cc1ccccc1CC2. The zero-order chi connectivity index (χ0) is 17.8. The van der Waals surface area contributed by atoms with Crippen LogP contribution in [0.3, 0.4) is 0 Å². The molecule has 0 fully saturated rings. The normalized spacial score (nSPS) is 13.4. The lowest BCUT2D eigenvalue weighted by molar-refractivity contribution is -0.132. The number of hydrogen-bond acceptors (Lipinski definition) is 2. The summed E-state index contributed by atoms with van der Waals surface area (Å²) >= 11 is 0. The third-order valence-electron chi connectivity index (χ3n) is 4.37. The Labute approximate surface area is 145 Å². The molecule has 2 N–H and O–H groups in total. The number of aryl methyl sites for hydroxylation is 1. The van der Waals surface area contributed by atoms with Gasteiger partial charge in [-0.2, -0.15) is 0 Å². The molecule has 4 nitrogen and oxygen atoms in total. The maximum Gasteiger partial charge on any atom is 0.328 e. The highest BCUT2D eigenvalue weighted by molar-refractivity contribution is 5.87. The molecule has 1 aliphatic carbocycles. The van der Waals surface area contributed by atoms with Crippen molar-refractivity contribution in [3.8, 4) is 0 Å². The van der Waals surface area contributed by atoms with Crippen LogP contribution in [0.4, 0.5) is 0 Å². The molecule has 0 aliphatic heterocycles. The highest BCUT2D eigenvalue weighted by Gasteiger charge is 2.16. The molecule has 25 heavy (non-hydrogen) atoms. The Morgan fingerprint density at radius 3 is 2.24 bits per heavy atom. The monoisotopic (exact) mass is 334 g/mol.